The molecule has 2 aliphatic rings. The highest BCUT2D eigenvalue weighted by molar-refractivity contribution is 9.10. The van der Waals surface area contributed by atoms with Crippen molar-refractivity contribution in [3.05, 3.63) is 46.9 Å². The summed E-state index contributed by atoms with van der Waals surface area (Å²) in [6.07, 6.45) is 0. The minimum Gasteiger partial charge on any atom is -0.486 e. The van der Waals surface area contributed by atoms with Gasteiger partial charge in [-0.3, -0.25) is 9.69 Å². The number of anilines is 1. The van der Waals surface area contributed by atoms with E-state index in [1.165, 1.54) is 10.4 Å². The fourth-order valence-corrected chi connectivity index (χ4v) is 5.27. The smallest absolute Gasteiger partial charge is 0.243 e. The van der Waals surface area contributed by atoms with Crippen LogP contribution in [0.15, 0.2) is 51.8 Å². The summed E-state index contributed by atoms with van der Waals surface area (Å²) >= 11 is 3.38. The minimum atomic E-state index is -3.64. The van der Waals surface area contributed by atoms with Crippen molar-refractivity contribution in [2.45, 2.75) is 4.90 Å². The molecular formula is C20H22BrN3O5S. The molecule has 0 atom stereocenters. The summed E-state index contributed by atoms with van der Waals surface area (Å²) in [6.45, 7) is 2.67. The molecule has 0 spiro atoms. The Kier molecular flexibility index (Phi) is 6.28. The van der Waals surface area contributed by atoms with Crippen molar-refractivity contribution in [3.63, 3.8) is 0 Å². The van der Waals surface area contributed by atoms with Crippen molar-refractivity contribution in [3.8, 4) is 11.5 Å². The molecule has 0 aliphatic carbocycles. The van der Waals surface area contributed by atoms with Gasteiger partial charge in [-0.1, -0.05) is 22.0 Å². The topological polar surface area (TPSA) is 88.2 Å². The van der Waals surface area contributed by atoms with Crippen LogP contribution in [0.3, 0.4) is 0 Å². The van der Waals surface area contributed by atoms with E-state index in [9.17, 15) is 13.2 Å². The summed E-state index contributed by atoms with van der Waals surface area (Å²) in [6, 6.07) is 12.1. The van der Waals surface area contributed by atoms with E-state index in [1.807, 2.05) is 29.2 Å². The second-order valence-corrected chi connectivity index (χ2v) is 9.90. The zero-order chi connectivity index (χ0) is 21.1. The number of carbonyl (C=O) groups is 1. The van der Waals surface area contributed by atoms with Crippen molar-refractivity contribution in [2.75, 3.05) is 51.3 Å². The first-order chi connectivity index (χ1) is 14.4. The highest BCUT2D eigenvalue weighted by Crippen LogP contribution is 2.33. The van der Waals surface area contributed by atoms with Gasteiger partial charge in [0.15, 0.2) is 11.5 Å². The zero-order valence-corrected chi connectivity index (χ0v) is 18.6. The fourth-order valence-electron chi connectivity index (χ4n) is 3.43. The highest BCUT2D eigenvalue weighted by atomic mass is 79.9. The molecule has 1 N–H and O–H groups in total. The molecule has 10 heteroatoms. The number of carbonyl (C=O) groups excluding carboxylic acids is 1. The number of hydrogen-bond acceptors (Lipinski definition) is 6. The molecule has 4 rings (SSSR count). The molecule has 160 valence electrons. The van der Waals surface area contributed by atoms with Gasteiger partial charge in [-0.05, 0) is 30.3 Å². The van der Waals surface area contributed by atoms with Crippen LogP contribution in [-0.4, -0.2) is 69.5 Å². The Morgan fingerprint density at radius 3 is 2.47 bits per heavy atom. The van der Waals surface area contributed by atoms with Gasteiger partial charge in [-0.15, -0.1) is 0 Å². The van der Waals surface area contributed by atoms with Gasteiger partial charge in [0.25, 0.3) is 0 Å². The standard InChI is InChI=1S/C20H22BrN3O5S/c21-15-2-1-3-16(12-15)22-20(25)14-23-6-8-24(9-7-23)30(26,27)17-4-5-18-19(13-17)29-11-10-28-18/h1-5,12-13H,6-11,14H2,(H,22,25). The van der Waals surface area contributed by atoms with E-state index in [-0.39, 0.29) is 17.3 Å². The number of rotatable bonds is 5. The van der Waals surface area contributed by atoms with Crippen molar-refractivity contribution in [1.29, 1.82) is 0 Å². The second-order valence-electron chi connectivity index (χ2n) is 7.04. The van der Waals surface area contributed by atoms with Crippen LogP contribution in [0.25, 0.3) is 0 Å². The van der Waals surface area contributed by atoms with Gasteiger partial charge in [0.05, 0.1) is 11.4 Å². The van der Waals surface area contributed by atoms with Crippen LogP contribution in [0.2, 0.25) is 0 Å². The molecule has 8 nitrogen and oxygen atoms in total. The van der Waals surface area contributed by atoms with Crippen LogP contribution >= 0.6 is 15.9 Å². The molecule has 1 fully saturated rings. The lowest BCUT2D eigenvalue weighted by molar-refractivity contribution is -0.117. The van der Waals surface area contributed by atoms with Crippen LogP contribution in [0.5, 0.6) is 11.5 Å². The van der Waals surface area contributed by atoms with Crippen LogP contribution < -0.4 is 14.8 Å². The lowest BCUT2D eigenvalue weighted by Crippen LogP contribution is -2.50. The largest absolute Gasteiger partial charge is 0.486 e. The number of ether oxygens (including phenoxy) is 2. The Morgan fingerprint density at radius 2 is 1.73 bits per heavy atom. The van der Waals surface area contributed by atoms with E-state index < -0.39 is 10.0 Å². The Bertz CT molecular complexity index is 1040. The molecule has 2 heterocycles. The molecule has 0 saturated carbocycles. The molecule has 2 aromatic carbocycles. The van der Waals surface area contributed by atoms with Crippen LogP contribution in [0.4, 0.5) is 5.69 Å². The summed E-state index contributed by atoms with van der Waals surface area (Å²) in [5, 5.41) is 2.86. The van der Waals surface area contributed by atoms with Crippen molar-refractivity contribution >= 4 is 37.5 Å². The lowest BCUT2D eigenvalue weighted by atomic mass is 10.3. The van der Waals surface area contributed by atoms with E-state index >= 15 is 0 Å². The number of piperazine rings is 1. The van der Waals surface area contributed by atoms with Gasteiger partial charge in [-0.2, -0.15) is 4.31 Å². The van der Waals surface area contributed by atoms with Gasteiger partial charge < -0.3 is 14.8 Å². The first-order valence-electron chi connectivity index (χ1n) is 9.59. The maximum atomic E-state index is 13.0. The van der Waals surface area contributed by atoms with Crippen LogP contribution in [0, 0.1) is 0 Å². The molecule has 0 aromatic heterocycles. The Labute approximate surface area is 183 Å². The van der Waals surface area contributed by atoms with Crippen LogP contribution in [0.1, 0.15) is 0 Å². The number of hydrogen-bond donors (Lipinski definition) is 1. The Morgan fingerprint density at radius 1 is 1.00 bits per heavy atom. The van der Waals surface area contributed by atoms with Crippen LogP contribution in [-0.2, 0) is 14.8 Å². The van der Waals surface area contributed by atoms with Gasteiger partial charge in [-0.25, -0.2) is 8.42 Å². The molecule has 0 bridgehead atoms. The fraction of sp³-hybridized carbons (Fsp3) is 0.350. The third-order valence-electron chi connectivity index (χ3n) is 4.96. The third-order valence-corrected chi connectivity index (χ3v) is 7.35. The summed E-state index contributed by atoms with van der Waals surface area (Å²) in [5.41, 5.74) is 0.717. The average molecular weight is 496 g/mol. The van der Waals surface area contributed by atoms with E-state index in [1.54, 1.807) is 12.1 Å². The summed E-state index contributed by atoms with van der Waals surface area (Å²) < 4.78 is 39.3. The average Bonchev–Trinajstić information content (AvgIpc) is 2.73. The van der Waals surface area contributed by atoms with Crippen molar-refractivity contribution < 1.29 is 22.7 Å². The van der Waals surface area contributed by atoms with Gasteiger partial charge >= 0.3 is 0 Å². The van der Waals surface area contributed by atoms with Gasteiger partial charge in [0, 0.05) is 42.4 Å². The SMILES string of the molecule is O=C(CN1CCN(S(=O)(=O)c2ccc3c(c2)OCCO3)CC1)Nc1cccc(Br)c1. The number of nitrogens with zero attached hydrogens (tertiary/aromatic N) is 2. The predicted molar refractivity (Wildman–Crippen MR) is 115 cm³/mol. The normalized spacial score (nSPS) is 17.5. The number of benzene rings is 2. The van der Waals surface area contributed by atoms with Gasteiger partial charge in [0.1, 0.15) is 13.2 Å². The zero-order valence-electron chi connectivity index (χ0n) is 16.2. The Balaban J connectivity index is 1.34. The molecule has 0 unspecified atom stereocenters. The molecular weight excluding hydrogens is 474 g/mol. The number of sulfonamides is 1. The molecule has 2 aromatic rings. The van der Waals surface area contributed by atoms with E-state index in [2.05, 4.69) is 21.2 Å². The maximum absolute atomic E-state index is 13.0. The minimum absolute atomic E-state index is 0.128. The monoisotopic (exact) mass is 495 g/mol. The first-order valence-corrected chi connectivity index (χ1v) is 11.8. The number of fused-ring (bicyclic) bond motifs is 1. The van der Waals surface area contributed by atoms with E-state index in [0.717, 1.165) is 4.47 Å². The number of nitrogens with one attached hydrogen (secondary N) is 1. The molecule has 1 amide bonds. The summed E-state index contributed by atoms with van der Waals surface area (Å²) in [5.74, 6) is 0.878. The highest BCUT2D eigenvalue weighted by Gasteiger charge is 2.30. The number of amides is 1. The van der Waals surface area contributed by atoms with Crippen molar-refractivity contribution in [2.24, 2.45) is 0 Å². The quantitative estimate of drug-likeness (QED) is 0.683. The predicted octanol–water partition coefficient (Wildman–Crippen LogP) is 2.17. The third kappa shape index (κ3) is 4.77. The first kappa shape index (κ1) is 21.1. The Hall–Kier alpha value is -2.14. The maximum Gasteiger partial charge on any atom is 0.243 e. The number of halogens is 1. The molecule has 30 heavy (non-hydrogen) atoms. The van der Waals surface area contributed by atoms with E-state index in [0.29, 0.717) is 56.6 Å². The molecule has 1 saturated heterocycles. The lowest BCUT2D eigenvalue weighted by Gasteiger charge is -2.33. The van der Waals surface area contributed by atoms with E-state index in [4.69, 9.17) is 9.47 Å². The van der Waals surface area contributed by atoms with Gasteiger partial charge in [0.2, 0.25) is 15.9 Å². The summed E-state index contributed by atoms with van der Waals surface area (Å²) in [7, 11) is -3.64. The van der Waals surface area contributed by atoms with Crippen molar-refractivity contribution in [1.82, 2.24) is 9.21 Å². The summed E-state index contributed by atoms with van der Waals surface area (Å²) in [4.78, 5) is 14.4. The molecule has 2 aliphatic heterocycles. The second kappa shape index (κ2) is 8.93. The molecule has 0 radical (unpaired) electrons.